The van der Waals surface area contributed by atoms with Crippen molar-refractivity contribution >= 4 is 0 Å². The zero-order chi connectivity index (χ0) is 24.9. The highest BCUT2D eigenvalue weighted by atomic mass is 14.0. The Kier molecular flexibility index (Phi) is 20.0. The summed E-state index contributed by atoms with van der Waals surface area (Å²) in [6.07, 6.45) is 30.3. The van der Waals surface area contributed by atoms with Gasteiger partial charge in [-0.3, -0.25) is 0 Å². The average molecular weight is 453 g/mol. The van der Waals surface area contributed by atoms with Crippen molar-refractivity contribution in [1.29, 1.82) is 0 Å². The summed E-state index contributed by atoms with van der Waals surface area (Å²) in [7, 11) is 0. The first-order chi connectivity index (χ1) is 15.7. The van der Waals surface area contributed by atoms with Crippen molar-refractivity contribution in [3.05, 3.63) is 69.9 Å². The van der Waals surface area contributed by atoms with Crippen molar-refractivity contribution in [3.63, 3.8) is 0 Å². The highest BCUT2D eigenvalue weighted by Crippen LogP contribution is 2.15. The van der Waals surface area contributed by atoms with Gasteiger partial charge in [-0.05, 0) is 126 Å². The normalized spacial score (nSPS) is 14.1. The molecule has 0 rings (SSSR count). The Labute approximate surface area is 208 Å². The summed E-state index contributed by atoms with van der Waals surface area (Å²) in [5.74, 6) is 0. The van der Waals surface area contributed by atoms with Crippen LogP contribution in [0.1, 0.15) is 139 Å². The summed E-state index contributed by atoms with van der Waals surface area (Å²) < 4.78 is 0. The molecule has 0 aromatic carbocycles. The van der Waals surface area contributed by atoms with Crippen LogP contribution in [0.15, 0.2) is 69.9 Å². The van der Waals surface area contributed by atoms with Crippen molar-refractivity contribution in [3.8, 4) is 0 Å². The molecule has 188 valence electrons. The Morgan fingerprint density at radius 3 is 1.03 bits per heavy atom. The molecule has 0 spiro atoms. The molecular weight excluding hydrogens is 396 g/mol. The third kappa shape index (κ3) is 22.0. The van der Waals surface area contributed by atoms with Crippen LogP contribution < -0.4 is 0 Å². The molecular formula is C33H56. The average Bonchev–Trinajstić information content (AvgIpc) is 2.75. The number of hydrogen-bond acceptors (Lipinski definition) is 0. The second-order valence-electron chi connectivity index (χ2n) is 10.4. The van der Waals surface area contributed by atoms with Crippen LogP contribution in [0.4, 0.5) is 0 Å². The second kappa shape index (κ2) is 21.0. The van der Waals surface area contributed by atoms with E-state index in [-0.39, 0.29) is 0 Å². The molecule has 0 nitrogen and oxygen atoms in total. The fourth-order valence-electron chi connectivity index (χ4n) is 3.85. The number of allylic oxidation sites excluding steroid dienone is 12. The lowest BCUT2D eigenvalue weighted by Crippen LogP contribution is -1.83. The molecule has 0 saturated carbocycles. The molecule has 0 unspecified atom stereocenters. The molecule has 0 amide bonds. The molecule has 0 aliphatic carbocycles. The van der Waals surface area contributed by atoms with Crippen molar-refractivity contribution in [2.24, 2.45) is 0 Å². The molecule has 0 N–H and O–H groups in total. The Bertz CT molecular complexity index is 684. The van der Waals surface area contributed by atoms with E-state index >= 15 is 0 Å². The van der Waals surface area contributed by atoms with Gasteiger partial charge in [0.1, 0.15) is 0 Å². The summed E-state index contributed by atoms with van der Waals surface area (Å²) in [5, 5.41) is 0. The summed E-state index contributed by atoms with van der Waals surface area (Å²) in [6.45, 7) is 18.1. The van der Waals surface area contributed by atoms with Gasteiger partial charge in [0.25, 0.3) is 0 Å². The minimum atomic E-state index is 1.17. The zero-order valence-electron chi connectivity index (χ0n) is 23.7. The first kappa shape index (κ1) is 31.4. The Morgan fingerprint density at radius 2 is 0.697 bits per heavy atom. The van der Waals surface area contributed by atoms with Gasteiger partial charge in [0.05, 0.1) is 0 Å². The first-order valence-electron chi connectivity index (χ1n) is 13.7. The first-order valence-corrected chi connectivity index (χ1v) is 13.7. The molecule has 0 aromatic rings. The predicted octanol–water partition coefficient (Wildman–Crippen LogP) is 11.8. The van der Waals surface area contributed by atoms with Crippen molar-refractivity contribution in [2.45, 2.75) is 139 Å². The van der Waals surface area contributed by atoms with Gasteiger partial charge in [0.15, 0.2) is 0 Å². The fraction of sp³-hybridized carbons (Fsp3) is 0.636. The van der Waals surface area contributed by atoms with Crippen LogP contribution in [-0.4, -0.2) is 0 Å². The van der Waals surface area contributed by atoms with Crippen LogP contribution in [0.25, 0.3) is 0 Å². The van der Waals surface area contributed by atoms with Crippen LogP contribution in [0.5, 0.6) is 0 Å². The van der Waals surface area contributed by atoms with Crippen LogP contribution in [0.3, 0.4) is 0 Å². The molecule has 0 aliphatic rings. The third-order valence-corrected chi connectivity index (χ3v) is 6.26. The van der Waals surface area contributed by atoms with E-state index in [2.05, 4.69) is 91.8 Å². The number of hydrogen-bond donors (Lipinski definition) is 0. The summed E-state index contributed by atoms with van der Waals surface area (Å²) in [6, 6.07) is 0. The van der Waals surface area contributed by atoms with Crippen LogP contribution >= 0.6 is 0 Å². The van der Waals surface area contributed by atoms with E-state index in [0.29, 0.717) is 0 Å². The molecule has 0 bridgehead atoms. The monoisotopic (exact) mass is 452 g/mol. The van der Waals surface area contributed by atoms with Crippen LogP contribution in [-0.2, 0) is 0 Å². The van der Waals surface area contributed by atoms with Gasteiger partial charge < -0.3 is 0 Å². The minimum Gasteiger partial charge on any atom is -0.0856 e. The lowest BCUT2D eigenvalue weighted by molar-refractivity contribution is 0.781. The maximum Gasteiger partial charge on any atom is -0.0288 e. The Morgan fingerprint density at radius 1 is 0.394 bits per heavy atom. The molecule has 0 radical (unpaired) electrons. The Hall–Kier alpha value is -1.56. The maximum atomic E-state index is 2.45. The molecule has 0 aromatic heterocycles. The third-order valence-electron chi connectivity index (χ3n) is 6.26. The molecule has 0 saturated heterocycles. The smallest absolute Gasteiger partial charge is 0.0288 e. The largest absolute Gasteiger partial charge is 0.0856 e. The topological polar surface area (TPSA) is 0 Å². The van der Waals surface area contributed by atoms with Crippen molar-refractivity contribution in [1.82, 2.24) is 0 Å². The predicted molar refractivity (Wildman–Crippen MR) is 154 cm³/mol. The lowest BCUT2D eigenvalue weighted by Gasteiger charge is -2.03. The minimum absolute atomic E-state index is 1.17. The molecule has 0 heteroatoms. The van der Waals surface area contributed by atoms with Gasteiger partial charge in [0, 0.05) is 0 Å². The molecule has 0 atom stereocenters. The van der Waals surface area contributed by atoms with Gasteiger partial charge in [-0.15, -0.1) is 0 Å². The van der Waals surface area contributed by atoms with E-state index in [9.17, 15) is 0 Å². The number of rotatable bonds is 18. The van der Waals surface area contributed by atoms with Gasteiger partial charge >= 0.3 is 0 Å². The van der Waals surface area contributed by atoms with Crippen LogP contribution in [0, 0.1) is 0 Å². The van der Waals surface area contributed by atoms with Gasteiger partial charge in [-0.25, -0.2) is 0 Å². The second-order valence-corrected chi connectivity index (χ2v) is 10.4. The van der Waals surface area contributed by atoms with E-state index in [1.165, 1.54) is 106 Å². The van der Waals surface area contributed by atoms with E-state index < -0.39 is 0 Å². The number of unbranched alkanes of at least 4 members (excludes halogenated alkanes) is 2. The SMILES string of the molecule is CCCCC(C)=CCC/C(C)=C/CC/C(C)=C/CC/C=C(\C)CC/C=C(\C)CCC=C(C)C. The zero-order valence-corrected chi connectivity index (χ0v) is 23.7. The summed E-state index contributed by atoms with van der Waals surface area (Å²) in [4.78, 5) is 0. The van der Waals surface area contributed by atoms with Gasteiger partial charge in [0.2, 0.25) is 0 Å². The van der Waals surface area contributed by atoms with Crippen LogP contribution in [0.2, 0.25) is 0 Å². The van der Waals surface area contributed by atoms with Crippen molar-refractivity contribution < 1.29 is 0 Å². The van der Waals surface area contributed by atoms with E-state index in [1.54, 1.807) is 11.1 Å². The molecule has 0 fully saturated rings. The van der Waals surface area contributed by atoms with E-state index in [0.717, 1.165) is 0 Å². The summed E-state index contributed by atoms with van der Waals surface area (Å²) in [5.41, 5.74) is 9.13. The molecule has 0 aliphatic heterocycles. The van der Waals surface area contributed by atoms with Gasteiger partial charge in [-0.1, -0.05) is 83.2 Å². The standard InChI is InChI=1S/C33H56/c1-9-10-18-29(4)22-14-26-33(8)27-16-24-31(6)20-12-11-19-30(5)23-15-25-32(7)21-13-17-28(2)3/h17,19-20,22,25,27H,9-16,18,21,23-24,26H2,1-8H3/b29-22?,30-19+,31-20+,32-25+,33-27+. The molecule has 0 heterocycles. The molecule has 33 heavy (non-hydrogen) atoms. The van der Waals surface area contributed by atoms with E-state index in [1.807, 2.05) is 0 Å². The van der Waals surface area contributed by atoms with Crippen molar-refractivity contribution in [2.75, 3.05) is 0 Å². The van der Waals surface area contributed by atoms with E-state index in [4.69, 9.17) is 0 Å². The Balaban J connectivity index is 4.07. The maximum absolute atomic E-state index is 2.45. The highest BCUT2D eigenvalue weighted by Gasteiger charge is 1.95. The summed E-state index contributed by atoms with van der Waals surface area (Å²) >= 11 is 0. The highest BCUT2D eigenvalue weighted by molar-refractivity contribution is 5.08. The quantitative estimate of drug-likeness (QED) is 0.143. The lowest BCUT2D eigenvalue weighted by atomic mass is 10.0. The van der Waals surface area contributed by atoms with Gasteiger partial charge in [-0.2, -0.15) is 0 Å². The fourth-order valence-corrected chi connectivity index (χ4v) is 3.85.